The van der Waals surface area contributed by atoms with Crippen LogP contribution in [0.15, 0.2) is 0 Å². The third-order valence-corrected chi connectivity index (χ3v) is 11.3. The molecule has 0 aromatic heterocycles. The highest BCUT2D eigenvalue weighted by atomic mass is 16.6. The first kappa shape index (κ1) is 36.9. The van der Waals surface area contributed by atoms with Gasteiger partial charge in [-0.3, -0.25) is 14.4 Å². The van der Waals surface area contributed by atoms with Gasteiger partial charge in [-0.05, 0) is 128 Å². The van der Waals surface area contributed by atoms with Crippen LogP contribution in [-0.4, -0.2) is 61.4 Å². The third-order valence-electron chi connectivity index (χ3n) is 11.3. The van der Waals surface area contributed by atoms with Crippen molar-refractivity contribution in [3.63, 3.8) is 0 Å². The normalized spacial score (nSPS) is 35.8. The SMILES string of the molecule is O=CC1CCC(OC(=O)C2CCC(C(=O)OC3CCC(C=O)CC3)CC2)CC1.O=CC1CCC(OC(=O)C2CCC(C=O)CC2)CC1. The van der Waals surface area contributed by atoms with Gasteiger partial charge in [-0.25, -0.2) is 0 Å². The molecule has 0 atom stereocenters. The second kappa shape index (κ2) is 19.2. The van der Waals surface area contributed by atoms with E-state index in [-0.39, 0.29) is 77.6 Å². The van der Waals surface area contributed by atoms with E-state index in [4.69, 9.17) is 14.2 Å². The Bertz CT molecular complexity index is 983. The van der Waals surface area contributed by atoms with Crippen LogP contribution in [0.3, 0.4) is 0 Å². The smallest absolute Gasteiger partial charge is 0.309 e. The number of carbonyl (C=O) groups excluding carboxylic acids is 7. The molecule has 0 amide bonds. The van der Waals surface area contributed by atoms with Crippen molar-refractivity contribution in [2.45, 2.75) is 147 Å². The molecule has 5 fully saturated rings. The molecule has 5 saturated carbocycles. The summed E-state index contributed by atoms with van der Waals surface area (Å²) in [4.78, 5) is 79.9. The van der Waals surface area contributed by atoms with Gasteiger partial charge in [-0.1, -0.05) is 0 Å². The van der Waals surface area contributed by atoms with Crippen LogP contribution in [0.4, 0.5) is 0 Å². The molecule has 10 heteroatoms. The topological polar surface area (TPSA) is 147 Å². The average molecular weight is 659 g/mol. The number of hydrogen-bond donors (Lipinski definition) is 0. The fourth-order valence-electron chi connectivity index (χ4n) is 7.86. The Morgan fingerprint density at radius 2 is 0.511 bits per heavy atom. The molecule has 10 nitrogen and oxygen atoms in total. The van der Waals surface area contributed by atoms with Crippen molar-refractivity contribution in [3.05, 3.63) is 0 Å². The largest absolute Gasteiger partial charge is 0.462 e. The predicted molar refractivity (Wildman–Crippen MR) is 171 cm³/mol. The van der Waals surface area contributed by atoms with Crippen molar-refractivity contribution in [1.29, 1.82) is 0 Å². The number of rotatable bonds is 10. The zero-order valence-electron chi connectivity index (χ0n) is 27.8. The minimum atomic E-state index is -0.145. The Kier molecular flexibility index (Phi) is 15.1. The van der Waals surface area contributed by atoms with E-state index in [1.54, 1.807) is 0 Å². The van der Waals surface area contributed by atoms with E-state index >= 15 is 0 Å². The Hall–Kier alpha value is -2.91. The monoisotopic (exact) mass is 658 g/mol. The Morgan fingerprint density at radius 3 is 0.723 bits per heavy atom. The van der Waals surface area contributed by atoms with Crippen LogP contribution in [0.5, 0.6) is 0 Å². The third kappa shape index (κ3) is 11.6. The molecule has 0 bridgehead atoms. The summed E-state index contributed by atoms with van der Waals surface area (Å²) in [5.41, 5.74) is 0. The summed E-state index contributed by atoms with van der Waals surface area (Å²) < 4.78 is 16.9. The van der Waals surface area contributed by atoms with Crippen LogP contribution in [0.2, 0.25) is 0 Å². The highest BCUT2D eigenvalue weighted by Gasteiger charge is 2.35. The van der Waals surface area contributed by atoms with E-state index in [9.17, 15) is 33.6 Å². The van der Waals surface area contributed by atoms with Crippen molar-refractivity contribution in [1.82, 2.24) is 0 Å². The van der Waals surface area contributed by atoms with Crippen LogP contribution in [0, 0.1) is 41.4 Å². The van der Waals surface area contributed by atoms with Crippen LogP contribution in [0.1, 0.15) is 128 Å². The maximum atomic E-state index is 12.4. The Labute approximate surface area is 278 Å². The molecular weight excluding hydrogens is 604 g/mol. The second-order valence-electron chi connectivity index (χ2n) is 14.6. The van der Waals surface area contributed by atoms with E-state index in [0.717, 1.165) is 128 Å². The first-order valence-corrected chi connectivity index (χ1v) is 18.2. The van der Waals surface area contributed by atoms with Gasteiger partial charge in [0, 0.05) is 23.7 Å². The van der Waals surface area contributed by atoms with Gasteiger partial charge >= 0.3 is 17.9 Å². The lowest BCUT2D eigenvalue weighted by Crippen LogP contribution is -2.33. The predicted octanol–water partition coefficient (Wildman–Crippen LogP) is 5.69. The maximum absolute atomic E-state index is 12.4. The van der Waals surface area contributed by atoms with Crippen LogP contribution in [0.25, 0.3) is 0 Å². The van der Waals surface area contributed by atoms with E-state index in [1.807, 2.05) is 0 Å². The van der Waals surface area contributed by atoms with Crippen LogP contribution >= 0.6 is 0 Å². The van der Waals surface area contributed by atoms with Gasteiger partial charge in [0.05, 0.1) is 17.8 Å². The molecule has 0 aromatic carbocycles. The quantitative estimate of drug-likeness (QED) is 0.163. The van der Waals surface area contributed by atoms with Gasteiger partial charge in [0.1, 0.15) is 43.5 Å². The molecule has 0 saturated heterocycles. The van der Waals surface area contributed by atoms with Gasteiger partial charge < -0.3 is 33.4 Å². The zero-order chi connectivity index (χ0) is 33.6. The number of esters is 3. The lowest BCUT2D eigenvalue weighted by Gasteiger charge is -2.31. The Morgan fingerprint density at radius 1 is 0.319 bits per heavy atom. The molecule has 0 N–H and O–H groups in total. The molecule has 5 aliphatic carbocycles. The van der Waals surface area contributed by atoms with Gasteiger partial charge in [0.2, 0.25) is 0 Å². The van der Waals surface area contributed by atoms with Gasteiger partial charge in [0.15, 0.2) is 0 Å². The Balaban J connectivity index is 0.000000229. The molecule has 0 spiro atoms. The summed E-state index contributed by atoms with van der Waals surface area (Å²) in [5, 5.41) is 0. The minimum absolute atomic E-state index is 0.00695. The number of hydrogen-bond acceptors (Lipinski definition) is 10. The number of carbonyl (C=O) groups is 7. The first-order chi connectivity index (χ1) is 22.8. The maximum Gasteiger partial charge on any atom is 0.309 e. The van der Waals surface area contributed by atoms with Gasteiger partial charge in [-0.15, -0.1) is 0 Å². The highest BCUT2D eigenvalue weighted by molar-refractivity contribution is 5.75. The summed E-state index contributed by atoms with van der Waals surface area (Å²) in [7, 11) is 0. The molecule has 0 radical (unpaired) electrons. The number of aldehydes is 4. The lowest BCUT2D eigenvalue weighted by molar-refractivity contribution is -0.162. The van der Waals surface area contributed by atoms with Crippen molar-refractivity contribution in [2.24, 2.45) is 41.4 Å². The molecule has 0 aromatic rings. The first-order valence-electron chi connectivity index (χ1n) is 18.2. The summed E-state index contributed by atoms with van der Waals surface area (Å²) in [6.45, 7) is 0. The molecule has 262 valence electrons. The van der Waals surface area contributed by atoms with Crippen molar-refractivity contribution < 1.29 is 47.8 Å². The molecular formula is C37H54O10. The summed E-state index contributed by atoms with van der Waals surface area (Å²) in [5.74, 6) is -0.160. The summed E-state index contributed by atoms with van der Waals surface area (Å²) in [6, 6.07) is 0. The molecule has 47 heavy (non-hydrogen) atoms. The van der Waals surface area contributed by atoms with Gasteiger partial charge in [-0.2, -0.15) is 0 Å². The fraction of sp³-hybridized carbons (Fsp3) is 0.811. The lowest BCUT2D eigenvalue weighted by atomic mass is 9.81. The summed E-state index contributed by atoms with van der Waals surface area (Å²) in [6.07, 6.45) is 19.3. The van der Waals surface area contributed by atoms with E-state index < -0.39 is 0 Å². The number of ether oxygens (including phenoxy) is 3. The zero-order valence-corrected chi connectivity index (χ0v) is 27.8. The molecule has 5 rings (SSSR count). The fourth-order valence-corrected chi connectivity index (χ4v) is 7.86. The van der Waals surface area contributed by atoms with E-state index in [0.29, 0.717) is 25.7 Å². The highest BCUT2D eigenvalue weighted by Crippen LogP contribution is 2.34. The van der Waals surface area contributed by atoms with E-state index in [1.165, 1.54) is 0 Å². The summed E-state index contributed by atoms with van der Waals surface area (Å²) >= 11 is 0. The van der Waals surface area contributed by atoms with Crippen molar-refractivity contribution in [3.8, 4) is 0 Å². The molecule has 0 aliphatic heterocycles. The van der Waals surface area contributed by atoms with Crippen molar-refractivity contribution >= 4 is 43.1 Å². The van der Waals surface area contributed by atoms with Crippen molar-refractivity contribution in [2.75, 3.05) is 0 Å². The minimum Gasteiger partial charge on any atom is -0.462 e. The molecule has 0 heterocycles. The second-order valence-corrected chi connectivity index (χ2v) is 14.6. The van der Waals surface area contributed by atoms with Crippen LogP contribution < -0.4 is 0 Å². The average Bonchev–Trinajstić information content (AvgIpc) is 3.13. The molecule has 0 unspecified atom stereocenters. The van der Waals surface area contributed by atoms with Crippen LogP contribution in [-0.2, 0) is 47.8 Å². The molecule has 5 aliphatic rings. The van der Waals surface area contributed by atoms with Gasteiger partial charge in [0.25, 0.3) is 0 Å². The van der Waals surface area contributed by atoms with E-state index in [2.05, 4.69) is 0 Å². The standard InChI is InChI=1S/C22H32O6.C15H22O4/c23-13-15-1-9-19(10-2-15)27-21(25)17-5-7-18(8-6-17)22(26)28-20-11-3-16(14-24)4-12-20;16-9-11-1-5-13(6-2-11)15(18)19-14-7-3-12(10-17)4-8-14/h13-20H,1-12H2;9-14H,1-8H2.